The van der Waals surface area contributed by atoms with Crippen molar-refractivity contribution in [1.29, 1.82) is 0 Å². The SMILES string of the molecule is CCCC(C)(C)c1ccc(C(=O)O)c(CCCCc2c(C(=O)O)ccc(C(C)(C)CCC)c2N)c1N. The topological polar surface area (TPSA) is 127 Å². The number of hydrogen-bond acceptors (Lipinski definition) is 4. The first-order valence-corrected chi connectivity index (χ1v) is 13.1. The highest BCUT2D eigenvalue weighted by atomic mass is 16.4. The summed E-state index contributed by atoms with van der Waals surface area (Å²) in [7, 11) is 0. The maximum absolute atomic E-state index is 11.9. The lowest BCUT2D eigenvalue weighted by Crippen LogP contribution is -2.21. The number of rotatable bonds is 13. The molecule has 0 saturated carbocycles. The quantitative estimate of drug-likeness (QED) is 0.175. The molecular weight excluding hydrogens is 452 g/mol. The lowest BCUT2D eigenvalue weighted by Gasteiger charge is -2.28. The molecule has 0 aromatic heterocycles. The van der Waals surface area contributed by atoms with E-state index in [1.807, 2.05) is 12.1 Å². The number of benzene rings is 2. The van der Waals surface area contributed by atoms with Crippen LogP contribution in [0.3, 0.4) is 0 Å². The lowest BCUT2D eigenvalue weighted by atomic mass is 9.77. The molecule has 0 spiro atoms. The van der Waals surface area contributed by atoms with Crippen molar-refractivity contribution in [3.8, 4) is 0 Å². The van der Waals surface area contributed by atoms with Crippen LogP contribution in [-0.4, -0.2) is 22.2 Å². The number of anilines is 2. The molecule has 0 atom stereocenters. The summed E-state index contributed by atoms with van der Waals surface area (Å²) in [6.45, 7) is 12.8. The molecule has 6 nitrogen and oxygen atoms in total. The highest BCUT2D eigenvalue weighted by molar-refractivity contribution is 5.92. The molecule has 198 valence electrons. The zero-order chi connectivity index (χ0) is 27.3. The molecule has 2 aromatic rings. The number of nitrogens with two attached hydrogens (primary N) is 2. The van der Waals surface area contributed by atoms with E-state index >= 15 is 0 Å². The van der Waals surface area contributed by atoms with Gasteiger partial charge in [0.2, 0.25) is 0 Å². The molecule has 0 fully saturated rings. The van der Waals surface area contributed by atoms with Gasteiger partial charge in [0.15, 0.2) is 0 Å². The first-order chi connectivity index (χ1) is 16.8. The average Bonchev–Trinajstić information content (AvgIpc) is 2.77. The van der Waals surface area contributed by atoms with Gasteiger partial charge in [-0.25, -0.2) is 9.59 Å². The van der Waals surface area contributed by atoms with E-state index in [-0.39, 0.29) is 22.0 Å². The Kier molecular flexibility index (Phi) is 9.58. The van der Waals surface area contributed by atoms with Gasteiger partial charge >= 0.3 is 11.9 Å². The smallest absolute Gasteiger partial charge is 0.336 e. The molecular formula is C30H44N2O4. The number of carboxylic acids is 2. The third-order valence-electron chi connectivity index (χ3n) is 7.49. The minimum atomic E-state index is -0.986. The van der Waals surface area contributed by atoms with Gasteiger partial charge in [0.25, 0.3) is 0 Å². The van der Waals surface area contributed by atoms with E-state index in [1.165, 1.54) is 0 Å². The second-order valence-electron chi connectivity index (χ2n) is 11.2. The van der Waals surface area contributed by atoms with Gasteiger partial charge < -0.3 is 21.7 Å². The number of hydrogen-bond donors (Lipinski definition) is 4. The molecule has 0 saturated heterocycles. The van der Waals surface area contributed by atoms with Crippen molar-refractivity contribution in [3.63, 3.8) is 0 Å². The van der Waals surface area contributed by atoms with Gasteiger partial charge in [-0.2, -0.15) is 0 Å². The average molecular weight is 497 g/mol. The number of aromatic carboxylic acids is 2. The van der Waals surface area contributed by atoms with Crippen molar-refractivity contribution in [1.82, 2.24) is 0 Å². The zero-order valence-electron chi connectivity index (χ0n) is 22.8. The molecule has 2 rings (SSSR count). The fraction of sp³-hybridized carbons (Fsp3) is 0.533. The molecule has 0 amide bonds. The molecule has 0 aliphatic carbocycles. The van der Waals surface area contributed by atoms with Gasteiger partial charge in [0.1, 0.15) is 0 Å². The summed E-state index contributed by atoms with van der Waals surface area (Å²) in [6.07, 6.45) is 6.26. The van der Waals surface area contributed by atoms with Crippen molar-refractivity contribution < 1.29 is 19.8 Å². The Labute approximate surface area is 216 Å². The predicted octanol–water partition coefficient (Wildman–Crippen LogP) is 6.97. The van der Waals surface area contributed by atoms with Crippen LogP contribution in [0.1, 0.15) is 123 Å². The van der Waals surface area contributed by atoms with Crippen molar-refractivity contribution in [2.24, 2.45) is 0 Å². The summed E-state index contributed by atoms with van der Waals surface area (Å²) in [5.74, 6) is -1.97. The minimum absolute atomic E-state index is 0.152. The number of unbranched alkanes of at least 4 members (excludes halogenated alkanes) is 1. The van der Waals surface area contributed by atoms with Gasteiger partial charge in [-0.05, 0) is 83.7 Å². The molecule has 6 heteroatoms. The second kappa shape index (κ2) is 11.8. The van der Waals surface area contributed by atoms with Crippen LogP contribution in [-0.2, 0) is 23.7 Å². The summed E-state index contributed by atoms with van der Waals surface area (Å²) in [4.78, 5) is 23.9. The maximum Gasteiger partial charge on any atom is 0.336 e. The van der Waals surface area contributed by atoms with E-state index in [0.717, 1.165) is 36.8 Å². The van der Waals surface area contributed by atoms with Crippen LogP contribution < -0.4 is 11.5 Å². The van der Waals surface area contributed by atoms with Crippen LogP contribution in [0.25, 0.3) is 0 Å². The molecule has 0 aliphatic heterocycles. The van der Waals surface area contributed by atoms with Crippen LogP contribution >= 0.6 is 0 Å². The highest BCUT2D eigenvalue weighted by Crippen LogP contribution is 2.38. The number of nitrogen functional groups attached to an aromatic ring is 2. The third-order valence-corrected chi connectivity index (χ3v) is 7.49. The van der Waals surface area contributed by atoms with Gasteiger partial charge in [0, 0.05) is 11.4 Å². The Morgan fingerprint density at radius 1 is 0.694 bits per heavy atom. The lowest BCUT2D eigenvalue weighted by molar-refractivity contribution is 0.0684. The van der Waals surface area contributed by atoms with E-state index in [1.54, 1.807) is 12.1 Å². The van der Waals surface area contributed by atoms with Gasteiger partial charge in [-0.3, -0.25) is 0 Å². The highest BCUT2D eigenvalue weighted by Gasteiger charge is 2.27. The van der Waals surface area contributed by atoms with Crippen LogP contribution in [0.2, 0.25) is 0 Å². The molecule has 0 radical (unpaired) electrons. The van der Waals surface area contributed by atoms with Gasteiger partial charge in [-0.15, -0.1) is 0 Å². The molecule has 36 heavy (non-hydrogen) atoms. The molecule has 0 unspecified atom stereocenters. The Morgan fingerprint density at radius 3 is 1.31 bits per heavy atom. The Morgan fingerprint density at radius 2 is 1.03 bits per heavy atom. The Bertz CT molecular complexity index is 1020. The summed E-state index contributed by atoms with van der Waals surface area (Å²) in [5.41, 5.74) is 17.7. The summed E-state index contributed by atoms with van der Waals surface area (Å²) in [5, 5.41) is 19.5. The van der Waals surface area contributed by atoms with Crippen molar-refractivity contribution in [2.75, 3.05) is 11.5 Å². The van der Waals surface area contributed by atoms with Gasteiger partial charge in [-0.1, -0.05) is 66.5 Å². The normalized spacial score (nSPS) is 12.1. The van der Waals surface area contributed by atoms with Crippen LogP contribution in [0, 0.1) is 0 Å². The monoisotopic (exact) mass is 496 g/mol. The van der Waals surface area contributed by atoms with Crippen molar-refractivity contribution >= 4 is 23.3 Å². The second-order valence-corrected chi connectivity index (χ2v) is 11.2. The van der Waals surface area contributed by atoms with Crippen molar-refractivity contribution in [2.45, 2.75) is 104 Å². The number of carbonyl (C=O) groups is 2. The van der Waals surface area contributed by atoms with E-state index < -0.39 is 11.9 Å². The van der Waals surface area contributed by atoms with Crippen LogP contribution in [0.4, 0.5) is 11.4 Å². The summed E-state index contributed by atoms with van der Waals surface area (Å²) in [6, 6.07) is 7.03. The predicted molar refractivity (Wildman–Crippen MR) is 148 cm³/mol. The minimum Gasteiger partial charge on any atom is -0.478 e. The maximum atomic E-state index is 11.9. The fourth-order valence-corrected chi connectivity index (χ4v) is 5.57. The van der Waals surface area contributed by atoms with Crippen LogP contribution in [0.5, 0.6) is 0 Å². The van der Waals surface area contributed by atoms with E-state index in [9.17, 15) is 19.8 Å². The largest absolute Gasteiger partial charge is 0.478 e. The summed E-state index contributed by atoms with van der Waals surface area (Å²) >= 11 is 0. The molecule has 0 heterocycles. The van der Waals surface area contributed by atoms with Crippen molar-refractivity contribution in [3.05, 3.63) is 57.6 Å². The van der Waals surface area contributed by atoms with E-state index in [4.69, 9.17) is 11.5 Å². The first-order valence-electron chi connectivity index (χ1n) is 13.1. The Hall–Kier alpha value is -3.02. The molecule has 0 aliphatic rings. The fourth-order valence-electron chi connectivity index (χ4n) is 5.57. The first kappa shape index (κ1) is 29.2. The molecule has 2 aromatic carbocycles. The van der Waals surface area contributed by atoms with E-state index in [0.29, 0.717) is 48.2 Å². The molecule has 0 bridgehead atoms. The van der Waals surface area contributed by atoms with Crippen LogP contribution in [0.15, 0.2) is 24.3 Å². The zero-order valence-corrected chi connectivity index (χ0v) is 22.8. The molecule has 6 N–H and O–H groups in total. The summed E-state index contributed by atoms with van der Waals surface area (Å²) < 4.78 is 0. The van der Waals surface area contributed by atoms with E-state index in [2.05, 4.69) is 41.5 Å². The number of carboxylic acid groups (broad SMARTS) is 2. The standard InChI is InChI=1S/C30H44N2O4/c1-7-17-29(3,4)23-15-13-21(27(33)34)19(25(23)31)11-9-10-12-20-22(28(35)36)14-16-24(26(20)32)30(5,6)18-8-2/h13-16H,7-12,17-18,31-32H2,1-6H3,(H,33,34)(H,35,36). The van der Waals surface area contributed by atoms with Gasteiger partial charge in [0.05, 0.1) is 11.1 Å². The third kappa shape index (κ3) is 6.40. The Balaban J connectivity index is 2.33.